The van der Waals surface area contributed by atoms with Crippen molar-refractivity contribution in [2.24, 2.45) is 0 Å². The first kappa shape index (κ1) is 10.7. The fourth-order valence-electron chi connectivity index (χ4n) is 1.45. The second-order valence-corrected chi connectivity index (χ2v) is 4.38. The van der Waals surface area contributed by atoms with Crippen LogP contribution in [0.25, 0.3) is 0 Å². The number of nitrogens with zero attached hydrogens (tertiary/aromatic N) is 1. The summed E-state index contributed by atoms with van der Waals surface area (Å²) < 4.78 is 1.36. The van der Waals surface area contributed by atoms with Gasteiger partial charge in [0.25, 0.3) is 5.56 Å². The van der Waals surface area contributed by atoms with E-state index in [0.29, 0.717) is 6.54 Å². The van der Waals surface area contributed by atoms with E-state index in [0.717, 1.165) is 6.42 Å². The molecule has 3 N–H and O–H groups in total. The first-order valence-corrected chi connectivity index (χ1v) is 5.67. The molecule has 5 nitrogen and oxygen atoms in total. The number of nitrogens with two attached hydrogens (primary N) is 1. The molecule has 2 aromatic rings. The fourth-order valence-corrected chi connectivity index (χ4v) is 2.14. The van der Waals surface area contributed by atoms with Crippen molar-refractivity contribution >= 4 is 17.2 Å². The molecule has 0 aromatic carbocycles. The Kier molecular flexibility index (Phi) is 2.91. The number of rotatable bonds is 3. The SMILES string of the molecule is Nc1cc(=O)[nH]c(=O)n1CCc1cccs1. The van der Waals surface area contributed by atoms with Crippen molar-refractivity contribution in [1.29, 1.82) is 0 Å². The molecule has 0 bridgehead atoms. The lowest BCUT2D eigenvalue weighted by Crippen LogP contribution is -2.31. The summed E-state index contributed by atoms with van der Waals surface area (Å²) in [5, 5.41) is 1.98. The molecule has 84 valence electrons. The second-order valence-electron chi connectivity index (χ2n) is 3.34. The molecule has 0 unspecified atom stereocenters. The quantitative estimate of drug-likeness (QED) is 0.812. The lowest BCUT2D eigenvalue weighted by Gasteiger charge is -2.06. The number of anilines is 1. The molecule has 0 saturated heterocycles. The predicted octanol–water partition coefficient (Wildman–Crippen LogP) is 0.423. The van der Waals surface area contributed by atoms with Gasteiger partial charge in [-0.25, -0.2) is 4.79 Å². The van der Waals surface area contributed by atoms with E-state index in [2.05, 4.69) is 4.98 Å². The van der Waals surface area contributed by atoms with E-state index >= 15 is 0 Å². The highest BCUT2D eigenvalue weighted by molar-refractivity contribution is 7.09. The summed E-state index contributed by atoms with van der Waals surface area (Å²) in [6.45, 7) is 0.474. The Hall–Kier alpha value is -1.82. The molecule has 0 fully saturated rings. The Bertz CT molecular complexity index is 583. The summed E-state index contributed by atoms with van der Waals surface area (Å²) in [5.41, 5.74) is 4.69. The molecule has 0 amide bonds. The largest absolute Gasteiger partial charge is 0.385 e. The van der Waals surface area contributed by atoms with Gasteiger partial charge in [-0.05, 0) is 17.9 Å². The maximum Gasteiger partial charge on any atom is 0.329 e. The highest BCUT2D eigenvalue weighted by atomic mass is 32.1. The molecule has 0 saturated carbocycles. The van der Waals surface area contributed by atoms with Crippen LogP contribution in [0.2, 0.25) is 0 Å². The molecule has 2 heterocycles. The molecule has 0 atom stereocenters. The molecule has 0 radical (unpaired) electrons. The van der Waals surface area contributed by atoms with E-state index in [4.69, 9.17) is 5.73 Å². The lowest BCUT2D eigenvalue weighted by atomic mass is 10.3. The predicted molar refractivity (Wildman–Crippen MR) is 63.8 cm³/mol. The van der Waals surface area contributed by atoms with Crippen LogP contribution in [0.1, 0.15) is 4.88 Å². The molecule has 2 aromatic heterocycles. The van der Waals surface area contributed by atoms with Crippen LogP contribution in [-0.2, 0) is 13.0 Å². The summed E-state index contributed by atoms with van der Waals surface area (Å²) in [6.07, 6.45) is 0.730. The van der Waals surface area contributed by atoms with E-state index < -0.39 is 11.2 Å². The summed E-state index contributed by atoms with van der Waals surface area (Å²) in [7, 11) is 0. The minimum absolute atomic E-state index is 0.199. The van der Waals surface area contributed by atoms with Gasteiger partial charge < -0.3 is 5.73 Å². The first-order valence-electron chi connectivity index (χ1n) is 4.79. The van der Waals surface area contributed by atoms with Crippen LogP contribution in [0.15, 0.2) is 33.2 Å². The Morgan fingerprint density at radius 3 is 2.88 bits per heavy atom. The summed E-state index contributed by atoms with van der Waals surface area (Å²) >= 11 is 1.63. The van der Waals surface area contributed by atoms with E-state index in [1.807, 2.05) is 17.5 Å². The van der Waals surface area contributed by atoms with E-state index in [9.17, 15) is 9.59 Å². The van der Waals surface area contributed by atoms with Crippen molar-refractivity contribution in [3.8, 4) is 0 Å². The third kappa shape index (κ3) is 2.22. The summed E-state index contributed by atoms with van der Waals surface area (Å²) in [5.74, 6) is 0.199. The van der Waals surface area contributed by atoms with Gasteiger partial charge in [0.2, 0.25) is 0 Å². The molecule has 16 heavy (non-hydrogen) atoms. The highest BCUT2D eigenvalue weighted by Crippen LogP contribution is 2.10. The van der Waals surface area contributed by atoms with E-state index in [-0.39, 0.29) is 5.82 Å². The molecule has 0 aliphatic heterocycles. The Labute approximate surface area is 95.2 Å². The van der Waals surface area contributed by atoms with Crippen molar-refractivity contribution in [3.63, 3.8) is 0 Å². The molecule has 0 spiro atoms. The van der Waals surface area contributed by atoms with Crippen molar-refractivity contribution in [2.45, 2.75) is 13.0 Å². The number of aryl methyl sites for hydroxylation is 1. The maximum absolute atomic E-state index is 11.5. The van der Waals surface area contributed by atoms with Gasteiger partial charge in [0.1, 0.15) is 5.82 Å². The van der Waals surface area contributed by atoms with Crippen molar-refractivity contribution < 1.29 is 0 Å². The number of nitrogens with one attached hydrogen (secondary N) is 1. The number of nitrogen functional groups attached to an aromatic ring is 1. The minimum Gasteiger partial charge on any atom is -0.385 e. The number of thiophene rings is 1. The van der Waals surface area contributed by atoms with Gasteiger partial charge in [-0.2, -0.15) is 0 Å². The van der Waals surface area contributed by atoms with Gasteiger partial charge in [-0.15, -0.1) is 11.3 Å². The Morgan fingerprint density at radius 2 is 2.25 bits per heavy atom. The normalized spacial score (nSPS) is 10.5. The van der Waals surface area contributed by atoms with Crippen molar-refractivity contribution in [1.82, 2.24) is 9.55 Å². The molecule has 0 aliphatic carbocycles. The average Bonchev–Trinajstić information content (AvgIpc) is 2.68. The van der Waals surface area contributed by atoms with Crippen LogP contribution < -0.4 is 17.0 Å². The monoisotopic (exact) mass is 237 g/mol. The van der Waals surface area contributed by atoms with Crippen LogP contribution in [-0.4, -0.2) is 9.55 Å². The maximum atomic E-state index is 11.5. The van der Waals surface area contributed by atoms with E-state index in [1.54, 1.807) is 11.3 Å². The average molecular weight is 237 g/mol. The van der Waals surface area contributed by atoms with Crippen molar-refractivity contribution in [2.75, 3.05) is 5.73 Å². The third-order valence-corrected chi connectivity index (χ3v) is 3.16. The molecule has 0 aliphatic rings. The number of hydrogen-bond donors (Lipinski definition) is 2. The second kappa shape index (κ2) is 4.36. The Balaban J connectivity index is 2.22. The topological polar surface area (TPSA) is 80.9 Å². The van der Waals surface area contributed by atoms with Crippen molar-refractivity contribution in [3.05, 3.63) is 49.3 Å². The number of hydrogen-bond acceptors (Lipinski definition) is 4. The van der Waals surface area contributed by atoms with Gasteiger partial charge in [0.05, 0.1) is 0 Å². The first-order chi connectivity index (χ1) is 7.66. The van der Waals surface area contributed by atoms with Crippen LogP contribution in [0, 0.1) is 0 Å². The molecular weight excluding hydrogens is 226 g/mol. The zero-order chi connectivity index (χ0) is 11.5. The standard InChI is InChI=1S/C10H11N3O2S/c11-8-6-9(14)12-10(15)13(8)4-3-7-2-1-5-16-7/h1-2,5-6H,3-4,11H2,(H,12,14,15). The highest BCUT2D eigenvalue weighted by Gasteiger charge is 2.03. The fraction of sp³-hybridized carbons (Fsp3) is 0.200. The number of aromatic nitrogens is 2. The van der Waals surface area contributed by atoms with Gasteiger partial charge in [0.15, 0.2) is 0 Å². The van der Waals surface area contributed by atoms with Crippen LogP contribution in [0.3, 0.4) is 0 Å². The molecular formula is C10H11N3O2S. The van der Waals surface area contributed by atoms with Crippen LogP contribution in [0.5, 0.6) is 0 Å². The van der Waals surface area contributed by atoms with Gasteiger partial charge >= 0.3 is 5.69 Å². The third-order valence-electron chi connectivity index (χ3n) is 2.23. The van der Waals surface area contributed by atoms with Crippen LogP contribution in [0.4, 0.5) is 5.82 Å². The lowest BCUT2D eigenvalue weighted by molar-refractivity contribution is 0.659. The Morgan fingerprint density at radius 1 is 1.44 bits per heavy atom. The summed E-state index contributed by atoms with van der Waals surface area (Å²) in [6, 6.07) is 5.17. The molecule has 2 rings (SSSR count). The zero-order valence-corrected chi connectivity index (χ0v) is 9.29. The van der Waals surface area contributed by atoms with Gasteiger partial charge in [-0.3, -0.25) is 14.3 Å². The van der Waals surface area contributed by atoms with Crippen LogP contribution >= 0.6 is 11.3 Å². The zero-order valence-electron chi connectivity index (χ0n) is 8.47. The van der Waals surface area contributed by atoms with Gasteiger partial charge in [-0.1, -0.05) is 6.07 Å². The van der Waals surface area contributed by atoms with Gasteiger partial charge in [0, 0.05) is 17.5 Å². The smallest absolute Gasteiger partial charge is 0.329 e. The summed E-state index contributed by atoms with van der Waals surface area (Å²) in [4.78, 5) is 25.8. The number of H-pyrrole nitrogens is 1. The van der Waals surface area contributed by atoms with E-state index in [1.165, 1.54) is 15.5 Å². The molecule has 6 heteroatoms. The number of aromatic amines is 1. The minimum atomic E-state index is -0.463.